The molecule has 0 amide bonds. The maximum absolute atomic E-state index is 2.39. The molecule has 0 aromatic heterocycles. The Labute approximate surface area is 341 Å². The van der Waals surface area contributed by atoms with Crippen molar-refractivity contribution in [2.75, 3.05) is 0 Å². The molecule has 1 aliphatic carbocycles. The van der Waals surface area contributed by atoms with Crippen LogP contribution >= 0.6 is 7.92 Å². The topological polar surface area (TPSA) is 0 Å². The molecule has 0 saturated carbocycles. The van der Waals surface area contributed by atoms with E-state index in [1.54, 1.807) is 0 Å². The van der Waals surface area contributed by atoms with Crippen molar-refractivity contribution in [3.8, 4) is 0 Å². The molecule has 8 aromatic carbocycles. The van der Waals surface area contributed by atoms with Crippen LogP contribution in [-0.4, -0.2) is 0 Å². The van der Waals surface area contributed by atoms with Crippen LogP contribution in [0.1, 0.15) is 54.5 Å². The number of rotatable bonds is 7. The van der Waals surface area contributed by atoms with Gasteiger partial charge in [0.2, 0.25) is 0 Å². The van der Waals surface area contributed by atoms with Gasteiger partial charge >= 0.3 is 0 Å². The van der Waals surface area contributed by atoms with E-state index in [0.717, 1.165) is 12.8 Å². The number of allylic oxidation sites excluding steroid dienone is 5. The van der Waals surface area contributed by atoms with Gasteiger partial charge in [0.1, 0.15) is 0 Å². The molecule has 0 radical (unpaired) electrons. The van der Waals surface area contributed by atoms with Crippen LogP contribution in [0.15, 0.2) is 205 Å². The second-order valence-electron chi connectivity index (χ2n) is 14.4. The van der Waals surface area contributed by atoms with E-state index in [9.17, 15) is 0 Å². The molecule has 0 spiro atoms. The van der Waals surface area contributed by atoms with Crippen molar-refractivity contribution in [1.82, 2.24) is 0 Å². The smallest absolute Gasteiger partial charge is 0.0154 e. The van der Waals surface area contributed by atoms with Crippen molar-refractivity contribution in [2.45, 2.75) is 40.5 Å². The number of benzene rings is 8. The van der Waals surface area contributed by atoms with Crippen molar-refractivity contribution in [2.24, 2.45) is 0 Å². The second-order valence-corrected chi connectivity index (χ2v) is 16.7. The third kappa shape index (κ3) is 10.2. The summed E-state index contributed by atoms with van der Waals surface area (Å²) in [6.45, 7) is 8.28. The Morgan fingerprint density at radius 3 is 1.32 bits per heavy atom. The normalized spacial score (nSPS) is 13.1. The second kappa shape index (κ2) is 19.2. The first kappa shape index (κ1) is 39.2. The Kier molecular flexibility index (Phi) is 13.2. The Hall–Kier alpha value is -6.07. The Morgan fingerprint density at radius 1 is 0.368 bits per heavy atom. The molecule has 1 heteroatoms. The van der Waals surface area contributed by atoms with Gasteiger partial charge in [-0.3, -0.25) is 0 Å². The number of hydrogen-bond donors (Lipinski definition) is 0. The maximum Gasteiger partial charge on any atom is -0.0154 e. The first-order valence-electron chi connectivity index (χ1n) is 20.2. The molecule has 0 heterocycles. The minimum absolute atomic E-state index is 0.591. The highest BCUT2D eigenvalue weighted by Gasteiger charge is 2.20. The molecule has 0 fully saturated rings. The predicted octanol–water partition coefficient (Wildman–Crippen LogP) is 15.4. The molecule has 0 bridgehead atoms. The van der Waals surface area contributed by atoms with Gasteiger partial charge in [-0.1, -0.05) is 225 Å². The summed E-state index contributed by atoms with van der Waals surface area (Å²) in [4.78, 5) is 0. The van der Waals surface area contributed by atoms with Crippen molar-refractivity contribution in [3.63, 3.8) is 0 Å². The third-order valence-electron chi connectivity index (χ3n) is 10.3. The van der Waals surface area contributed by atoms with Gasteiger partial charge in [-0.05, 0) is 117 Å². The Bertz CT molecular complexity index is 2710. The Balaban J connectivity index is 0.000000325. The summed E-state index contributed by atoms with van der Waals surface area (Å²) in [5.41, 5.74) is 7.70. The molecule has 0 N–H and O–H groups in total. The van der Waals surface area contributed by atoms with Crippen LogP contribution in [0.25, 0.3) is 50.5 Å². The van der Waals surface area contributed by atoms with E-state index in [4.69, 9.17) is 0 Å². The lowest BCUT2D eigenvalue weighted by molar-refractivity contribution is 0.976. The molecule has 1 unspecified atom stereocenters. The van der Waals surface area contributed by atoms with Crippen LogP contribution in [0.5, 0.6) is 0 Å². The van der Waals surface area contributed by atoms with Crippen LogP contribution in [0, 0.1) is 13.8 Å². The predicted molar refractivity (Wildman–Crippen MR) is 255 cm³/mol. The molecule has 1 atom stereocenters. The van der Waals surface area contributed by atoms with Gasteiger partial charge in [0.05, 0.1) is 0 Å². The minimum Gasteiger partial charge on any atom is -0.0683 e. The van der Waals surface area contributed by atoms with Crippen LogP contribution in [0.2, 0.25) is 0 Å². The lowest BCUT2D eigenvalue weighted by atomic mass is 10.0. The standard InChI is InChI=1S/C43H35P.C11H10.C2H6/c1-32-10-24-41(25-11-32)44(42-26-18-33(19-27-42)12-14-35-16-22-37-6-2-4-8-39(37)30-35)43-28-20-34(21-29-43)13-15-36-17-23-38-7-3-5-9-40(38)31-36;1-9-6-7-10-4-2-3-5-11(10)8-9;1-2/h2-20,22-28,30-31H,21,29H2,1H3;2-8H,1H3;1-2H3/b14-12+,15-13+;;. The zero-order valence-electron chi connectivity index (χ0n) is 33.6. The van der Waals surface area contributed by atoms with Crippen LogP contribution < -0.4 is 10.6 Å². The van der Waals surface area contributed by atoms with Gasteiger partial charge < -0.3 is 0 Å². The van der Waals surface area contributed by atoms with Crippen LogP contribution in [-0.2, 0) is 0 Å². The molecule has 0 aliphatic heterocycles. The number of hydrogen-bond acceptors (Lipinski definition) is 0. The molecular formula is C56H51P. The van der Waals surface area contributed by atoms with E-state index < -0.39 is 7.92 Å². The molecule has 8 aromatic rings. The number of aryl methyl sites for hydroxylation is 2. The van der Waals surface area contributed by atoms with Gasteiger partial charge in [0.25, 0.3) is 0 Å². The van der Waals surface area contributed by atoms with Crippen molar-refractivity contribution in [3.05, 3.63) is 233 Å². The summed E-state index contributed by atoms with van der Waals surface area (Å²) in [5, 5.41) is 12.1. The highest BCUT2D eigenvalue weighted by Crippen LogP contribution is 2.47. The molecule has 9 rings (SSSR count). The molecule has 280 valence electrons. The van der Waals surface area contributed by atoms with Gasteiger partial charge in [-0.2, -0.15) is 0 Å². The highest BCUT2D eigenvalue weighted by molar-refractivity contribution is 7.76. The Morgan fingerprint density at radius 2 is 0.789 bits per heavy atom. The van der Waals surface area contributed by atoms with Crippen molar-refractivity contribution < 1.29 is 0 Å². The van der Waals surface area contributed by atoms with E-state index in [1.807, 2.05) is 13.8 Å². The fourth-order valence-corrected chi connectivity index (χ4v) is 9.62. The monoisotopic (exact) mass is 754 g/mol. The van der Waals surface area contributed by atoms with E-state index in [2.05, 4.69) is 226 Å². The maximum atomic E-state index is 2.39. The fourth-order valence-electron chi connectivity index (χ4n) is 7.20. The third-order valence-corrected chi connectivity index (χ3v) is 12.9. The lowest BCUT2D eigenvalue weighted by Gasteiger charge is -2.24. The van der Waals surface area contributed by atoms with E-state index in [-0.39, 0.29) is 0 Å². The average molecular weight is 755 g/mol. The number of fused-ring (bicyclic) bond motifs is 3. The first-order chi connectivity index (χ1) is 28.0. The van der Waals surface area contributed by atoms with E-state index in [1.165, 1.54) is 81.6 Å². The van der Waals surface area contributed by atoms with Gasteiger partial charge in [0.15, 0.2) is 0 Å². The van der Waals surface area contributed by atoms with Gasteiger partial charge in [-0.25, -0.2) is 0 Å². The van der Waals surface area contributed by atoms with Crippen LogP contribution in [0.3, 0.4) is 0 Å². The fraction of sp³-hybridized carbons (Fsp3) is 0.107. The summed E-state index contributed by atoms with van der Waals surface area (Å²) in [6, 6.07) is 63.7. The largest absolute Gasteiger partial charge is 0.0683 e. The van der Waals surface area contributed by atoms with E-state index in [0.29, 0.717) is 0 Å². The van der Waals surface area contributed by atoms with Gasteiger partial charge in [-0.15, -0.1) is 0 Å². The zero-order chi connectivity index (χ0) is 39.4. The van der Waals surface area contributed by atoms with Crippen LogP contribution in [0.4, 0.5) is 0 Å². The molecular weight excluding hydrogens is 704 g/mol. The zero-order valence-corrected chi connectivity index (χ0v) is 34.5. The molecule has 57 heavy (non-hydrogen) atoms. The molecule has 0 saturated heterocycles. The van der Waals surface area contributed by atoms with Crippen molar-refractivity contribution in [1.29, 1.82) is 0 Å². The molecule has 1 aliphatic rings. The average Bonchev–Trinajstić information content (AvgIpc) is 3.27. The quantitative estimate of drug-likeness (QED) is 0.112. The SMILES string of the molecule is CC.Cc1ccc(P(C2=CC=C(/C=C/c3ccc4ccccc4c3)CC2)c2ccc(/C=C/c3ccc4ccccc4c3)cc2)cc1.Cc1ccc2ccccc2c1. The van der Waals surface area contributed by atoms with E-state index >= 15 is 0 Å². The first-order valence-corrected chi connectivity index (χ1v) is 21.5. The summed E-state index contributed by atoms with van der Waals surface area (Å²) in [7, 11) is -0.591. The minimum atomic E-state index is -0.591. The van der Waals surface area contributed by atoms with Crippen molar-refractivity contribution >= 4 is 69.1 Å². The highest BCUT2D eigenvalue weighted by atomic mass is 31.1. The summed E-state index contributed by atoms with van der Waals surface area (Å²) >= 11 is 0. The summed E-state index contributed by atoms with van der Waals surface area (Å²) in [5.74, 6) is 0. The summed E-state index contributed by atoms with van der Waals surface area (Å²) < 4.78 is 0. The summed E-state index contributed by atoms with van der Waals surface area (Å²) in [6.07, 6.45) is 15.9. The van der Waals surface area contributed by atoms with Gasteiger partial charge in [0, 0.05) is 0 Å². The lowest BCUT2D eigenvalue weighted by Crippen LogP contribution is -2.14. The molecule has 0 nitrogen and oxygen atoms in total.